The van der Waals surface area contributed by atoms with E-state index in [9.17, 15) is 12.8 Å². The summed E-state index contributed by atoms with van der Waals surface area (Å²) in [5.41, 5.74) is 0. The number of sulfonamides is 1. The number of hydrogen-bond acceptors (Lipinski definition) is 5. The molecule has 1 heterocycles. The zero-order chi connectivity index (χ0) is 16.2. The predicted molar refractivity (Wildman–Crippen MR) is 87.2 cm³/mol. The Bertz CT molecular complexity index is 615. The Hall–Kier alpha value is -0.930. The number of piperazine rings is 1. The van der Waals surface area contributed by atoms with E-state index in [1.807, 2.05) is 6.92 Å². The molecule has 6 nitrogen and oxygen atoms in total. The van der Waals surface area contributed by atoms with E-state index in [0.717, 1.165) is 6.07 Å². The van der Waals surface area contributed by atoms with Crippen molar-refractivity contribution in [3.8, 4) is 5.75 Å². The van der Waals surface area contributed by atoms with Crippen LogP contribution in [-0.2, 0) is 14.8 Å². The number of benzene rings is 1. The maximum absolute atomic E-state index is 13.5. The molecule has 0 bridgehead atoms. The molecule has 132 valence electrons. The highest BCUT2D eigenvalue weighted by atomic mass is 35.5. The summed E-state index contributed by atoms with van der Waals surface area (Å²) in [6.45, 7) is 3.68. The van der Waals surface area contributed by atoms with E-state index in [1.165, 1.54) is 23.5 Å². The first kappa shape index (κ1) is 20.1. The van der Waals surface area contributed by atoms with Crippen molar-refractivity contribution in [2.45, 2.75) is 17.9 Å². The molecule has 1 N–H and O–H groups in total. The molecule has 0 aliphatic carbocycles. The van der Waals surface area contributed by atoms with Gasteiger partial charge < -0.3 is 14.8 Å². The molecular weight excluding hydrogens is 347 g/mol. The second kappa shape index (κ2) is 8.79. The largest absolute Gasteiger partial charge is 0.490 e. The van der Waals surface area contributed by atoms with E-state index in [0.29, 0.717) is 26.2 Å². The molecule has 0 spiro atoms. The molecule has 1 aromatic rings. The standard InChI is InChI=1S/C14H21FN2O4S.ClH/c1-11-10-17(6-5-16-11)22(18,19)14-9-12(15)3-4-13(14)21-8-7-20-2;/h3-4,9,11,16H,5-8,10H2,1-2H3;1H. The molecular formula is C14H22ClFN2O4S. The molecule has 1 unspecified atom stereocenters. The van der Waals surface area contributed by atoms with E-state index in [-0.39, 0.29) is 35.7 Å². The average molecular weight is 369 g/mol. The van der Waals surface area contributed by atoms with E-state index in [2.05, 4.69) is 5.32 Å². The summed E-state index contributed by atoms with van der Waals surface area (Å²) in [4.78, 5) is -0.141. The van der Waals surface area contributed by atoms with Gasteiger partial charge in [0.15, 0.2) is 0 Å². The van der Waals surface area contributed by atoms with Crippen molar-refractivity contribution in [3.63, 3.8) is 0 Å². The van der Waals surface area contributed by atoms with Gasteiger partial charge in [0.25, 0.3) is 0 Å². The summed E-state index contributed by atoms with van der Waals surface area (Å²) in [6, 6.07) is 3.57. The smallest absolute Gasteiger partial charge is 0.246 e. The normalized spacial score (nSPS) is 19.2. The number of hydrogen-bond donors (Lipinski definition) is 1. The van der Waals surface area contributed by atoms with Crippen molar-refractivity contribution in [1.82, 2.24) is 9.62 Å². The lowest BCUT2D eigenvalue weighted by molar-refractivity contribution is 0.144. The Labute approximate surface area is 142 Å². The van der Waals surface area contributed by atoms with Crippen LogP contribution in [0, 0.1) is 5.82 Å². The SMILES string of the molecule is COCCOc1ccc(F)cc1S(=O)(=O)N1CCNC(C)C1.Cl. The van der Waals surface area contributed by atoms with Crippen LogP contribution in [0.2, 0.25) is 0 Å². The maximum atomic E-state index is 13.5. The van der Waals surface area contributed by atoms with Gasteiger partial charge in [-0.1, -0.05) is 0 Å². The number of ether oxygens (including phenoxy) is 2. The summed E-state index contributed by atoms with van der Waals surface area (Å²) < 4.78 is 50.7. The average Bonchev–Trinajstić information content (AvgIpc) is 2.49. The molecule has 1 fully saturated rings. The van der Waals surface area contributed by atoms with Crippen LogP contribution in [0.15, 0.2) is 23.1 Å². The lowest BCUT2D eigenvalue weighted by Crippen LogP contribution is -2.51. The van der Waals surface area contributed by atoms with Gasteiger partial charge >= 0.3 is 0 Å². The van der Waals surface area contributed by atoms with Crippen LogP contribution < -0.4 is 10.1 Å². The van der Waals surface area contributed by atoms with Gasteiger partial charge in [-0.3, -0.25) is 0 Å². The van der Waals surface area contributed by atoms with Crippen molar-refractivity contribution in [3.05, 3.63) is 24.0 Å². The molecule has 0 saturated carbocycles. The third kappa shape index (κ3) is 5.02. The molecule has 0 aromatic heterocycles. The van der Waals surface area contributed by atoms with Crippen molar-refractivity contribution >= 4 is 22.4 Å². The molecule has 0 radical (unpaired) electrons. The van der Waals surface area contributed by atoms with Gasteiger partial charge in [-0.05, 0) is 25.1 Å². The van der Waals surface area contributed by atoms with Gasteiger partial charge in [0, 0.05) is 32.8 Å². The summed E-state index contributed by atoms with van der Waals surface area (Å²) in [5, 5.41) is 3.18. The minimum absolute atomic E-state index is 0. The summed E-state index contributed by atoms with van der Waals surface area (Å²) in [6.07, 6.45) is 0. The minimum Gasteiger partial charge on any atom is -0.490 e. The molecule has 9 heteroatoms. The second-order valence-corrected chi connectivity index (χ2v) is 7.06. The van der Waals surface area contributed by atoms with Crippen molar-refractivity contribution < 1.29 is 22.3 Å². The van der Waals surface area contributed by atoms with Crippen molar-refractivity contribution in [2.24, 2.45) is 0 Å². The van der Waals surface area contributed by atoms with Gasteiger partial charge in [0.2, 0.25) is 10.0 Å². The van der Waals surface area contributed by atoms with Crippen LogP contribution in [-0.4, -0.2) is 58.7 Å². The summed E-state index contributed by atoms with van der Waals surface area (Å²) >= 11 is 0. The molecule has 1 saturated heterocycles. The highest BCUT2D eigenvalue weighted by Gasteiger charge is 2.31. The Kier molecular flexibility index (Phi) is 7.69. The molecule has 1 aliphatic heterocycles. The highest BCUT2D eigenvalue weighted by Crippen LogP contribution is 2.28. The molecule has 1 aromatic carbocycles. The highest BCUT2D eigenvalue weighted by molar-refractivity contribution is 7.89. The topological polar surface area (TPSA) is 67.9 Å². The van der Waals surface area contributed by atoms with Crippen molar-refractivity contribution in [2.75, 3.05) is 40.0 Å². The monoisotopic (exact) mass is 368 g/mol. The lowest BCUT2D eigenvalue weighted by Gasteiger charge is -2.31. The Balaban J connectivity index is 0.00000264. The first-order chi connectivity index (χ1) is 10.4. The van der Waals surface area contributed by atoms with E-state index >= 15 is 0 Å². The van der Waals surface area contributed by atoms with Crippen LogP contribution >= 0.6 is 12.4 Å². The van der Waals surface area contributed by atoms with Crippen LogP contribution in [0.1, 0.15) is 6.92 Å². The Morgan fingerprint density at radius 3 is 2.78 bits per heavy atom. The Morgan fingerprint density at radius 2 is 2.13 bits per heavy atom. The second-order valence-electron chi connectivity index (χ2n) is 5.15. The predicted octanol–water partition coefficient (Wildman–Crippen LogP) is 1.26. The summed E-state index contributed by atoms with van der Waals surface area (Å²) in [5.74, 6) is -0.467. The molecule has 0 amide bonds. The zero-order valence-electron chi connectivity index (χ0n) is 13.1. The molecule has 23 heavy (non-hydrogen) atoms. The molecule has 1 aliphatic rings. The number of halogens is 2. The first-order valence-corrected chi connectivity index (χ1v) is 8.54. The molecule has 1 atom stereocenters. The number of rotatable bonds is 6. The molecule has 2 rings (SSSR count). The fraction of sp³-hybridized carbons (Fsp3) is 0.571. The third-order valence-corrected chi connectivity index (χ3v) is 5.29. The van der Waals surface area contributed by atoms with Crippen LogP contribution in [0.5, 0.6) is 5.75 Å². The fourth-order valence-electron chi connectivity index (χ4n) is 2.29. The zero-order valence-corrected chi connectivity index (χ0v) is 14.8. The number of nitrogens with one attached hydrogen (secondary N) is 1. The first-order valence-electron chi connectivity index (χ1n) is 7.10. The number of methoxy groups -OCH3 is 1. The Morgan fingerprint density at radius 1 is 1.39 bits per heavy atom. The van der Waals surface area contributed by atoms with Gasteiger partial charge in [0.05, 0.1) is 6.61 Å². The van der Waals surface area contributed by atoms with Crippen LogP contribution in [0.4, 0.5) is 4.39 Å². The third-order valence-electron chi connectivity index (χ3n) is 3.40. The van der Waals surface area contributed by atoms with Gasteiger partial charge in [0.1, 0.15) is 23.1 Å². The summed E-state index contributed by atoms with van der Waals surface area (Å²) in [7, 11) is -2.28. The van der Waals surface area contributed by atoms with Crippen molar-refractivity contribution in [1.29, 1.82) is 0 Å². The number of nitrogens with zero attached hydrogens (tertiary/aromatic N) is 1. The van der Waals surface area contributed by atoms with Crippen LogP contribution in [0.3, 0.4) is 0 Å². The van der Waals surface area contributed by atoms with Gasteiger partial charge in [-0.15, -0.1) is 12.4 Å². The minimum atomic E-state index is -3.80. The van der Waals surface area contributed by atoms with Gasteiger partial charge in [-0.25, -0.2) is 12.8 Å². The quantitative estimate of drug-likeness (QED) is 0.765. The van der Waals surface area contributed by atoms with E-state index in [1.54, 1.807) is 0 Å². The van der Waals surface area contributed by atoms with E-state index < -0.39 is 15.8 Å². The van der Waals surface area contributed by atoms with Gasteiger partial charge in [-0.2, -0.15) is 4.31 Å². The fourth-order valence-corrected chi connectivity index (χ4v) is 3.96. The maximum Gasteiger partial charge on any atom is 0.246 e. The van der Waals surface area contributed by atoms with E-state index in [4.69, 9.17) is 9.47 Å². The van der Waals surface area contributed by atoms with Crippen LogP contribution in [0.25, 0.3) is 0 Å². The lowest BCUT2D eigenvalue weighted by atomic mass is 10.3.